The summed E-state index contributed by atoms with van der Waals surface area (Å²) >= 11 is 0. The van der Waals surface area contributed by atoms with Crippen LogP contribution in [-0.4, -0.2) is 25.1 Å². The van der Waals surface area contributed by atoms with Gasteiger partial charge in [-0.2, -0.15) is 0 Å². The van der Waals surface area contributed by atoms with Crippen LogP contribution in [-0.2, 0) is 21.6 Å². The van der Waals surface area contributed by atoms with Gasteiger partial charge in [0.1, 0.15) is 11.5 Å². The van der Waals surface area contributed by atoms with Crippen molar-refractivity contribution in [3.05, 3.63) is 59.7 Å². The number of para-hydroxylation sites is 1. The Morgan fingerprint density at radius 1 is 0.970 bits per heavy atom. The maximum absolute atomic E-state index is 12.7. The largest absolute Gasteiger partial charge is 0.543 e. The van der Waals surface area contributed by atoms with Crippen LogP contribution in [0.1, 0.15) is 65.5 Å². The molecule has 0 bridgehead atoms. The number of Topliss-reactive ketones (excluding diaryl/α,β-unsaturated/α-hetero) is 1. The molecule has 0 fully saturated rings. The predicted molar refractivity (Wildman–Crippen MR) is 135 cm³/mol. The summed E-state index contributed by atoms with van der Waals surface area (Å²) in [7, 11) is -2.01. The summed E-state index contributed by atoms with van der Waals surface area (Å²) in [5, 5.41) is 13.6. The Balaban J connectivity index is 1.63. The monoisotopic (exact) mass is 467 g/mol. The SMILES string of the molecule is CC(C)[Si](Oc1ccc(CCC(=O)CC2(O)C(=O)Nc3ccccc32)cc1)(C(C)C)C(C)C. The van der Waals surface area contributed by atoms with Gasteiger partial charge in [0.2, 0.25) is 0 Å². The zero-order valence-corrected chi connectivity index (χ0v) is 21.6. The fraction of sp³-hybridized carbons (Fsp3) is 0.481. The average molecular weight is 468 g/mol. The van der Waals surface area contributed by atoms with Crippen molar-refractivity contribution in [1.82, 2.24) is 0 Å². The number of carbonyl (C=O) groups excluding carboxylic acids is 2. The van der Waals surface area contributed by atoms with Crippen LogP contribution in [0.25, 0.3) is 0 Å². The molecule has 3 rings (SSSR count). The number of amides is 1. The number of hydrogen-bond donors (Lipinski definition) is 2. The van der Waals surface area contributed by atoms with Crippen molar-refractivity contribution in [3.8, 4) is 5.75 Å². The van der Waals surface area contributed by atoms with Crippen molar-refractivity contribution >= 4 is 25.7 Å². The van der Waals surface area contributed by atoms with Gasteiger partial charge in [-0.1, -0.05) is 71.9 Å². The van der Waals surface area contributed by atoms with Crippen molar-refractivity contribution in [2.24, 2.45) is 0 Å². The normalized spacial score (nSPS) is 18.1. The zero-order valence-electron chi connectivity index (χ0n) is 20.6. The molecule has 0 aliphatic carbocycles. The molecule has 33 heavy (non-hydrogen) atoms. The first-order valence-corrected chi connectivity index (χ1v) is 14.1. The Bertz CT molecular complexity index is 978. The molecule has 0 saturated heterocycles. The van der Waals surface area contributed by atoms with Gasteiger partial charge in [-0.3, -0.25) is 9.59 Å². The molecule has 1 aliphatic heterocycles. The second-order valence-electron chi connectivity index (χ2n) is 10.1. The summed E-state index contributed by atoms with van der Waals surface area (Å²) in [6.07, 6.45) is 0.600. The van der Waals surface area contributed by atoms with Crippen molar-refractivity contribution in [2.75, 3.05) is 5.32 Å². The Morgan fingerprint density at radius 2 is 1.55 bits per heavy atom. The third kappa shape index (κ3) is 4.92. The van der Waals surface area contributed by atoms with E-state index in [1.807, 2.05) is 24.3 Å². The fourth-order valence-corrected chi connectivity index (χ4v) is 10.7. The first-order chi connectivity index (χ1) is 15.5. The van der Waals surface area contributed by atoms with E-state index < -0.39 is 19.8 Å². The molecule has 1 aliphatic rings. The van der Waals surface area contributed by atoms with Gasteiger partial charge in [0.05, 0.1) is 0 Å². The second-order valence-corrected chi connectivity index (χ2v) is 15.5. The number of anilines is 1. The molecule has 0 aromatic heterocycles. The predicted octanol–water partition coefficient (Wildman–Crippen LogP) is 5.97. The third-order valence-electron chi connectivity index (χ3n) is 7.07. The first kappa shape index (κ1) is 25.2. The summed E-state index contributed by atoms with van der Waals surface area (Å²) in [5.41, 5.74) is 1.78. The topological polar surface area (TPSA) is 75.6 Å². The van der Waals surface area contributed by atoms with E-state index in [1.54, 1.807) is 24.3 Å². The molecule has 6 heteroatoms. The molecule has 1 unspecified atom stereocenters. The average Bonchev–Trinajstić information content (AvgIpc) is 3.00. The van der Waals surface area contributed by atoms with Gasteiger partial charge in [0, 0.05) is 24.1 Å². The standard InChI is InChI=1S/C27H37NO4Si/c1-18(2)33(19(3)4,20(5)6)32-23-15-12-21(13-16-23)11-14-22(29)17-27(31)24-9-7-8-10-25(24)28-26(27)30/h7-10,12-13,15-16,18-20,31H,11,14,17H2,1-6H3,(H,28,30). The summed E-state index contributed by atoms with van der Waals surface area (Å²) in [5.74, 6) is 0.212. The summed E-state index contributed by atoms with van der Waals surface area (Å²) in [6.45, 7) is 13.6. The highest BCUT2D eigenvalue weighted by molar-refractivity contribution is 6.78. The third-order valence-corrected chi connectivity index (χ3v) is 13.1. The fourth-order valence-electron chi connectivity index (χ4n) is 5.42. The molecule has 0 radical (unpaired) electrons. The number of aliphatic hydroxyl groups is 1. The van der Waals surface area contributed by atoms with Gasteiger partial charge in [0.15, 0.2) is 5.60 Å². The van der Waals surface area contributed by atoms with Crippen molar-refractivity contribution < 1.29 is 19.1 Å². The summed E-state index contributed by atoms with van der Waals surface area (Å²) in [4.78, 5) is 25.0. The van der Waals surface area contributed by atoms with Crippen molar-refractivity contribution in [2.45, 2.75) is 83.0 Å². The van der Waals surface area contributed by atoms with Crippen molar-refractivity contribution in [1.29, 1.82) is 0 Å². The van der Waals surface area contributed by atoms with Gasteiger partial charge in [-0.15, -0.1) is 0 Å². The molecular formula is C27H37NO4Si. The van der Waals surface area contributed by atoms with E-state index in [1.165, 1.54) is 0 Å². The van der Waals surface area contributed by atoms with Crippen LogP contribution in [0.4, 0.5) is 5.69 Å². The number of aryl methyl sites for hydroxylation is 1. The molecule has 1 atom stereocenters. The van der Waals surface area contributed by atoms with Crippen LogP contribution < -0.4 is 9.74 Å². The lowest BCUT2D eigenvalue weighted by atomic mass is 9.88. The molecule has 2 N–H and O–H groups in total. The van der Waals surface area contributed by atoms with Crippen LogP contribution >= 0.6 is 0 Å². The number of carbonyl (C=O) groups is 2. The van der Waals surface area contributed by atoms with Gasteiger partial charge in [0.25, 0.3) is 14.2 Å². The number of fused-ring (bicyclic) bond motifs is 1. The maximum atomic E-state index is 12.7. The quantitative estimate of drug-likeness (QED) is 0.422. The minimum absolute atomic E-state index is 0.143. The van der Waals surface area contributed by atoms with Crippen LogP contribution in [0.5, 0.6) is 5.75 Å². The highest BCUT2D eigenvalue weighted by atomic mass is 28.4. The minimum atomic E-state index is -2.01. The van der Waals surface area contributed by atoms with Crippen LogP contribution in [0.2, 0.25) is 16.6 Å². The molecule has 0 spiro atoms. The van der Waals surface area contributed by atoms with Crippen LogP contribution in [0.3, 0.4) is 0 Å². The lowest BCUT2D eigenvalue weighted by Crippen LogP contribution is -2.50. The highest BCUT2D eigenvalue weighted by Crippen LogP contribution is 2.43. The molecule has 5 nitrogen and oxygen atoms in total. The number of rotatable bonds is 10. The molecule has 178 valence electrons. The first-order valence-electron chi connectivity index (χ1n) is 11.9. The highest BCUT2D eigenvalue weighted by Gasteiger charge is 2.47. The molecule has 0 saturated carbocycles. The molecule has 2 aromatic carbocycles. The molecule has 2 aromatic rings. The van der Waals surface area contributed by atoms with Gasteiger partial charge in [-0.05, 0) is 46.8 Å². The number of nitrogens with one attached hydrogen (secondary N) is 1. The minimum Gasteiger partial charge on any atom is -0.543 e. The zero-order chi connectivity index (χ0) is 24.4. The van der Waals surface area contributed by atoms with Gasteiger partial charge < -0.3 is 14.8 Å². The molecular weight excluding hydrogens is 430 g/mol. The molecule has 1 amide bonds. The summed E-state index contributed by atoms with van der Waals surface area (Å²) in [6, 6.07) is 15.0. The number of ketones is 1. The van der Waals surface area contributed by atoms with E-state index >= 15 is 0 Å². The van der Waals surface area contributed by atoms with E-state index in [-0.39, 0.29) is 18.6 Å². The van der Waals surface area contributed by atoms with Crippen LogP contribution in [0.15, 0.2) is 48.5 Å². The smallest absolute Gasteiger partial charge is 0.261 e. The number of hydrogen-bond acceptors (Lipinski definition) is 4. The second kappa shape index (κ2) is 9.81. The van der Waals surface area contributed by atoms with Crippen LogP contribution in [0, 0.1) is 0 Å². The van der Waals surface area contributed by atoms with E-state index in [4.69, 9.17) is 4.43 Å². The van der Waals surface area contributed by atoms with E-state index in [2.05, 4.69) is 46.9 Å². The summed E-state index contributed by atoms with van der Waals surface area (Å²) < 4.78 is 6.71. The Morgan fingerprint density at radius 3 is 2.12 bits per heavy atom. The Hall–Kier alpha value is -2.44. The van der Waals surface area contributed by atoms with E-state index in [9.17, 15) is 14.7 Å². The number of benzene rings is 2. The van der Waals surface area contributed by atoms with Crippen molar-refractivity contribution in [3.63, 3.8) is 0 Å². The van der Waals surface area contributed by atoms with E-state index in [0.717, 1.165) is 11.3 Å². The molecule has 1 heterocycles. The van der Waals surface area contributed by atoms with Gasteiger partial charge >= 0.3 is 0 Å². The van der Waals surface area contributed by atoms with Gasteiger partial charge in [-0.25, -0.2) is 0 Å². The Kier molecular flexibility index (Phi) is 7.49. The Labute approximate surface area is 198 Å². The van der Waals surface area contributed by atoms with E-state index in [0.29, 0.717) is 34.3 Å². The lowest BCUT2D eigenvalue weighted by Gasteiger charge is -2.42. The lowest BCUT2D eigenvalue weighted by molar-refractivity contribution is -0.140. The maximum Gasteiger partial charge on any atom is 0.261 e.